The highest BCUT2D eigenvalue weighted by Crippen LogP contribution is 2.31. The maximum Gasteiger partial charge on any atom is 0.416 e. The third-order valence-corrected chi connectivity index (χ3v) is 3.57. The first-order valence-electron chi connectivity index (χ1n) is 5.81. The lowest BCUT2D eigenvalue weighted by atomic mass is 10.2. The Labute approximate surface area is 113 Å². The van der Waals surface area contributed by atoms with Crippen LogP contribution in [0.5, 0.6) is 0 Å². The Morgan fingerprint density at radius 1 is 1.32 bits per heavy atom. The molecule has 0 fully saturated rings. The molecule has 0 aliphatic rings. The highest BCUT2D eigenvalue weighted by atomic mass is 32.1. The van der Waals surface area contributed by atoms with Crippen molar-refractivity contribution in [2.24, 2.45) is 0 Å². The van der Waals surface area contributed by atoms with E-state index >= 15 is 0 Å². The second-order valence-corrected chi connectivity index (χ2v) is 5.03. The van der Waals surface area contributed by atoms with Crippen LogP contribution in [0.4, 0.5) is 19.0 Å². The molecule has 2 aromatic rings. The average Bonchev–Trinajstić information content (AvgIpc) is 2.88. The van der Waals surface area contributed by atoms with Crippen molar-refractivity contribution in [3.8, 4) is 0 Å². The summed E-state index contributed by atoms with van der Waals surface area (Å²) in [5.41, 5.74) is -0.665. The van der Waals surface area contributed by atoms with Crippen LogP contribution < -0.4 is 4.90 Å². The number of anilines is 1. The molecule has 0 N–H and O–H groups in total. The van der Waals surface area contributed by atoms with E-state index in [9.17, 15) is 13.2 Å². The van der Waals surface area contributed by atoms with E-state index in [1.807, 2.05) is 29.3 Å². The number of hydrogen-bond donors (Lipinski definition) is 0. The summed E-state index contributed by atoms with van der Waals surface area (Å²) in [6, 6.07) is 5.97. The van der Waals surface area contributed by atoms with Crippen LogP contribution in [0, 0.1) is 0 Å². The smallest absolute Gasteiger partial charge is 0.352 e. The fraction of sp³-hybridized carbons (Fsp3) is 0.308. The first-order valence-corrected chi connectivity index (χ1v) is 6.69. The van der Waals surface area contributed by atoms with Crippen molar-refractivity contribution in [2.75, 3.05) is 11.4 Å². The van der Waals surface area contributed by atoms with Crippen molar-refractivity contribution >= 4 is 17.2 Å². The summed E-state index contributed by atoms with van der Waals surface area (Å²) < 4.78 is 38.0. The molecule has 2 rings (SSSR count). The van der Waals surface area contributed by atoms with Gasteiger partial charge >= 0.3 is 6.18 Å². The highest BCUT2D eigenvalue weighted by molar-refractivity contribution is 7.09. The Kier molecular flexibility index (Phi) is 4.09. The summed E-state index contributed by atoms with van der Waals surface area (Å²) in [5.74, 6) is 0.353. The van der Waals surface area contributed by atoms with Crippen molar-refractivity contribution in [3.05, 3.63) is 46.3 Å². The normalized spacial score (nSPS) is 11.6. The third kappa shape index (κ3) is 3.47. The monoisotopic (exact) mass is 286 g/mol. The van der Waals surface area contributed by atoms with Gasteiger partial charge in [-0.25, -0.2) is 4.98 Å². The zero-order chi connectivity index (χ0) is 13.9. The summed E-state index contributed by atoms with van der Waals surface area (Å²) >= 11 is 1.58. The molecule has 0 bridgehead atoms. The number of alkyl halides is 3. The van der Waals surface area contributed by atoms with Gasteiger partial charge in [0.1, 0.15) is 5.82 Å². The second kappa shape index (κ2) is 5.61. The molecule has 6 heteroatoms. The van der Waals surface area contributed by atoms with Crippen molar-refractivity contribution in [2.45, 2.75) is 19.6 Å². The molecular weight excluding hydrogens is 273 g/mol. The lowest BCUT2D eigenvalue weighted by Crippen LogP contribution is -2.23. The molecule has 19 heavy (non-hydrogen) atoms. The Balaban J connectivity index is 2.23. The Morgan fingerprint density at radius 2 is 2.11 bits per heavy atom. The lowest BCUT2D eigenvalue weighted by molar-refractivity contribution is -0.137. The summed E-state index contributed by atoms with van der Waals surface area (Å²) in [6.45, 7) is 3.07. The van der Waals surface area contributed by atoms with E-state index in [1.165, 1.54) is 6.20 Å². The zero-order valence-corrected chi connectivity index (χ0v) is 11.1. The Morgan fingerprint density at radius 3 is 2.68 bits per heavy atom. The van der Waals surface area contributed by atoms with E-state index in [0.717, 1.165) is 17.0 Å². The maximum absolute atomic E-state index is 12.7. The summed E-state index contributed by atoms with van der Waals surface area (Å²) in [6.07, 6.45) is -3.13. The first-order chi connectivity index (χ1) is 9.00. The molecule has 0 amide bonds. The standard InChI is InChI=1S/C13H13F3N2S/c1-2-18(9-11-4-3-7-19-11)12-8-10(5-6-17-12)13(14,15)16/h3-8H,2,9H2,1H3. The molecule has 0 aliphatic carbocycles. The van der Waals surface area contributed by atoms with Gasteiger partial charge in [0.15, 0.2) is 0 Å². The molecule has 0 saturated heterocycles. The van der Waals surface area contributed by atoms with Gasteiger partial charge in [-0.2, -0.15) is 13.2 Å². The maximum atomic E-state index is 12.7. The van der Waals surface area contributed by atoms with Crippen LogP contribution in [0.15, 0.2) is 35.8 Å². The molecule has 0 saturated carbocycles. The number of rotatable bonds is 4. The molecule has 2 nitrogen and oxygen atoms in total. The third-order valence-electron chi connectivity index (χ3n) is 2.71. The molecule has 0 radical (unpaired) electrons. The molecule has 0 aliphatic heterocycles. The summed E-state index contributed by atoms with van der Waals surface area (Å²) in [5, 5.41) is 1.95. The molecule has 0 spiro atoms. The quantitative estimate of drug-likeness (QED) is 0.838. The van der Waals surface area contributed by atoms with Crippen molar-refractivity contribution in [1.29, 1.82) is 0 Å². The van der Waals surface area contributed by atoms with E-state index in [2.05, 4.69) is 4.98 Å². The van der Waals surface area contributed by atoms with Gasteiger partial charge in [-0.1, -0.05) is 6.07 Å². The van der Waals surface area contributed by atoms with Gasteiger partial charge in [-0.05, 0) is 30.5 Å². The van der Waals surface area contributed by atoms with E-state index in [4.69, 9.17) is 0 Å². The molecule has 0 unspecified atom stereocenters. The van der Waals surface area contributed by atoms with Crippen LogP contribution in [-0.2, 0) is 12.7 Å². The van der Waals surface area contributed by atoms with Crippen LogP contribution in [0.2, 0.25) is 0 Å². The Hall–Kier alpha value is -1.56. The van der Waals surface area contributed by atoms with Crippen LogP contribution >= 0.6 is 11.3 Å². The molecular formula is C13H13F3N2S. The fourth-order valence-corrected chi connectivity index (χ4v) is 2.43. The SMILES string of the molecule is CCN(Cc1cccs1)c1cc(C(F)(F)F)ccn1. The molecule has 0 aromatic carbocycles. The zero-order valence-electron chi connectivity index (χ0n) is 10.3. The topological polar surface area (TPSA) is 16.1 Å². The number of halogens is 3. The minimum absolute atomic E-state index is 0.353. The molecule has 2 heterocycles. The van der Waals surface area contributed by atoms with E-state index in [-0.39, 0.29) is 0 Å². The summed E-state index contributed by atoms with van der Waals surface area (Å²) in [7, 11) is 0. The van der Waals surface area contributed by atoms with Crippen molar-refractivity contribution < 1.29 is 13.2 Å². The fourth-order valence-electron chi connectivity index (χ4n) is 1.71. The van der Waals surface area contributed by atoms with Gasteiger partial charge in [0.25, 0.3) is 0 Å². The first kappa shape index (κ1) is 13.9. The lowest BCUT2D eigenvalue weighted by Gasteiger charge is -2.22. The van der Waals surface area contributed by atoms with Crippen LogP contribution in [0.25, 0.3) is 0 Å². The highest BCUT2D eigenvalue weighted by Gasteiger charge is 2.31. The van der Waals surface area contributed by atoms with E-state index in [1.54, 1.807) is 11.3 Å². The largest absolute Gasteiger partial charge is 0.416 e. The van der Waals surface area contributed by atoms with Gasteiger partial charge in [0.2, 0.25) is 0 Å². The van der Waals surface area contributed by atoms with Gasteiger partial charge in [0, 0.05) is 17.6 Å². The van der Waals surface area contributed by atoms with Crippen LogP contribution in [0.1, 0.15) is 17.4 Å². The number of pyridine rings is 1. The second-order valence-electron chi connectivity index (χ2n) is 3.99. The minimum Gasteiger partial charge on any atom is -0.352 e. The number of aromatic nitrogens is 1. The molecule has 102 valence electrons. The Bertz CT molecular complexity index is 523. The number of nitrogens with zero attached hydrogens (tertiary/aromatic N) is 2. The van der Waals surface area contributed by atoms with E-state index in [0.29, 0.717) is 18.9 Å². The number of hydrogen-bond acceptors (Lipinski definition) is 3. The predicted molar refractivity (Wildman–Crippen MR) is 70.3 cm³/mol. The van der Waals surface area contributed by atoms with Gasteiger partial charge < -0.3 is 4.90 Å². The number of thiophene rings is 1. The van der Waals surface area contributed by atoms with Crippen LogP contribution in [-0.4, -0.2) is 11.5 Å². The van der Waals surface area contributed by atoms with Gasteiger partial charge in [-0.15, -0.1) is 11.3 Å². The van der Waals surface area contributed by atoms with Gasteiger partial charge in [0.05, 0.1) is 12.1 Å². The summed E-state index contributed by atoms with van der Waals surface area (Å²) in [4.78, 5) is 6.95. The molecule has 2 aromatic heterocycles. The van der Waals surface area contributed by atoms with Gasteiger partial charge in [-0.3, -0.25) is 0 Å². The van der Waals surface area contributed by atoms with Crippen molar-refractivity contribution in [1.82, 2.24) is 4.98 Å². The van der Waals surface area contributed by atoms with E-state index < -0.39 is 11.7 Å². The van der Waals surface area contributed by atoms with Crippen LogP contribution in [0.3, 0.4) is 0 Å². The predicted octanol–water partition coefficient (Wildman–Crippen LogP) is 4.19. The molecule has 0 atom stereocenters. The average molecular weight is 286 g/mol. The van der Waals surface area contributed by atoms with Crippen molar-refractivity contribution in [3.63, 3.8) is 0 Å². The minimum atomic E-state index is -4.33.